The Bertz CT molecular complexity index is 271. The van der Waals surface area contributed by atoms with E-state index in [-0.39, 0.29) is 11.6 Å². The highest BCUT2D eigenvalue weighted by Gasteiger charge is 2.12. The smallest absolute Gasteiger partial charge is 0.238 e. The van der Waals surface area contributed by atoms with Gasteiger partial charge in [-0.2, -0.15) is 0 Å². The zero-order valence-electron chi connectivity index (χ0n) is 7.88. The monoisotopic (exact) mass is 186 g/mol. The lowest BCUT2D eigenvalue weighted by Gasteiger charge is -2.07. The van der Waals surface area contributed by atoms with Crippen LogP contribution in [-0.4, -0.2) is 9.97 Å². The van der Waals surface area contributed by atoms with Crippen molar-refractivity contribution >= 4 is 0 Å². The van der Waals surface area contributed by atoms with Crippen molar-refractivity contribution in [1.82, 2.24) is 9.97 Å². The summed E-state index contributed by atoms with van der Waals surface area (Å²) >= 11 is 0. The Kier molecular flexibility index (Phi) is 2.90. The van der Waals surface area contributed by atoms with Crippen LogP contribution in [0.25, 0.3) is 0 Å². The molecule has 0 unspecified atom stereocenters. The maximum absolute atomic E-state index is 12.3. The van der Waals surface area contributed by atoms with Crippen LogP contribution >= 0.6 is 0 Å². The number of aryl methyl sites for hydroxylation is 1. The zero-order valence-corrected chi connectivity index (χ0v) is 7.88. The van der Waals surface area contributed by atoms with Gasteiger partial charge in [-0.05, 0) is 13.0 Å². The topological polar surface area (TPSA) is 25.8 Å². The number of rotatable bonds is 2. The lowest BCUT2D eigenvalue weighted by atomic mass is 10.2. The molecule has 0 fully saturated rings. The van der Waals surface area contributed by atoms with Gasteiger partial charge in [-0.15, -0.1) is 0 Å². The number of hydrogen-bond donors (Lipinski definition) is 0. The fourth-order valence-corrected chi connectivity index (χ4v) is 0.987. The Hall–Kier alpha value is -1.06. The Morgan fingerprint density at radius 2 is 1.85 bits per heavy atom. The molecule has 0 radical (unpaired) electrons. The molecule has 0 N–H and O–H groups in total. The van der Waals surface area contributed by atoms with Crippen LogP contribution in [0.4, 0.5) is 8.78 Å². The lowest BCUT2D eigenvalue weighted by Crippen LogP contribution is -2.03. The maximum atomic E-state index is 12.3. The Morgan fingerprint density at radius 3 is 2.31 bits per heavy atom. The number of aromatic nitrogens is 2. The van der Waals surface area contributed by atoms with Gasteiger partial charge < -0.3 is 0 Å². The van der Waals surface area contributed by atoms with Crippen molar-refractivity contribution in [3.8, 4) is 0 Å². The first-order valence-corrected chi connectivity index (χ1v) is 4.14. The molecule has 1 aromatic rings. The highest BCUT2D eigenvalue weighted by Crippen LogP contribution is 2.19. The third-order valence-corrected chi connectivity index (χ3v) is 1.63. The van der Waals surface area contributed by atoms with E-state index >= 15 is 0 Å². The summed E-state index contributed by atoms with van der Waals surface area (Å²) in [5.41, 5.74) is 0.408. The van der Waals surface area contributed by atoms with Gasteiger partial charge in [0.15, 0.2) is 0 Å². The minimum absolute atomic E-state index is 0.0809. The molecule has 1 rings (SSSR count). The standard InChI is InChI=1S/C9H12F2N2/c1-5(2)9-12-6(3)4-7(13-9)8(10)11/h4-5,8H,1-3H3. The summed E-state index contributed by atoms with van der Waals surface area (Å²) in [6.45, 7) is 5.45. The number of nitrogens with zero attached hydrogens (tertiary/aromatic N) is 2. The molecule has 2 nitrogen and oxygen atoms in total. The SMILES string of the molecule is Cc1cc(C(F)F)nc(C(C)C)n1. The van der Waals surface area contributed by atoms with E-state index in [4.69, 9.17) is 0 Å². The molecule has 1 heterocycles. The molecule has 4 heteroatoms. The van der Waals surface area contributed by atoms with Gasteiger partial charge in [0.25, 0.3) is 6.43 Å². The highest BCUT2D eigenvalue weighted by atomic mass is 19.3. The third kappa shape index (κ3) is 2.44. The second kappa shape index (κ2) is 3.77. The van der Waals surface area contributed by atoms with Gasteiger partial charge >= 0.3 is 0 Å². The fourth-order valence-electron chi connectivity index (χ4n) is 0.987. The summed E-state index contributed by atoms with van der Waals surface area (Å²) in [7, 11) is 0. The molecule has 0 aliphatic rings. The van der Waals surface area contributed by atoms with Crippen molar-refractivity contribution in [3.05, 3.63) is 23.3 Å². The van der Waals surface area contributed by atoms with Crippen molar-refractivity contribution in [1.29, 1.82) is 0 Å². The lowest BCUT2D eigenvalue weighted by molar-refractivity contribution is 0.145. The van der Waals surface area contributed by atoms with E-state index in [1.165, 1.54) is 6.07 Å². The molecule has 1 aromatic heterocycles. The fraction of sp³-hybridized carbons (Fsp3) is 0.556. The van der Waals surface area contributed by atoms with Crippen molar-refractivity contribution in [3.63, 3.8) is 0 Å². The van der Waals surface area contributed by atoms with Crippen LogP contribution in [0.1, 0.15) is 43.4 Å². The predicted molar refractivity (Wildman–Crippen MR) is 45.8 cm³/mol. The first-order valence-electron chi connectivity index (χ1n) is 4.14. The average molecular weight is 186 g/mol. The van der Waals surface area contributed by atoms with Gasteiger partial charge in [0, 0.05) is 11.6 Å². The van der Waals surface area contributed by atoms with Crippen LogP contribution in [0.3, 0.4) is 0 Å². The minimum Gasteiger partial charge on any atom is -0.238 e. The van der Waals surface area contributed by atoms with Crippen LogP contribution in [0.5, 0.6) is 0 Å². The molecular formula is C9H12F2N2. The van der Waals surface area contributed by atoms with Crippen LogP contribution in [0.15, 0.2) is 6.07 Å². The molecule has 0 bridgehead atoms. The minimum atomic E-state index is -2.51. The van der Waals surface area contributed by atoms with E-state index in [0.29, 0.717) is 11.5 Å². The van der Waals surface area contributed by atoms with Crippen molar-refractivity contribution in [2.45, 2.75) is 33.1 Å². The van der Waals surface area contributed by atoms with Gasteiger partial charge in [0.05, 0.1) is 0 Å². The number of halogens is 2. The predicted octanol–water partition coefficient (Wildman–Crippen LogP) is 2.85. The molecule has 0 saturated carbocycles. The van der Waals surface area contributed by atoms with Crippen LogP contribution in [0.2, 0.25) is 0 Å². The molecule has 0 spiro atoms. The Balaban J connectivity index is 3.11. The second-order valence-corrected chi connectivity index (χ2v) is 3.25. The maximum Gasteiger partial charge on any atom is 0.280 e. The summed E-state index contributed by atoms with van der Waals surface area (Å²) in [6, 6.07) is 1.32. The van der Waals surface area contributed by atoms with E-state index in [1.54, 1.807) is 6.92 Å². The van der Waals surface area contributed by atoms with E-state index < -0.39 is 6.43 Å². The first-order chi connectivity index (χ1) is 6.00. The van der Waals surface area contributed by atoms with E-state index in [1.807, 2.05) is 13.8 Å². The van der Waals surface area contributed by atoms with Crippen LogP contribution < -0.4 is 0 Å². The molecule has 13 heavy (non-hydrogen) atoms. The van der Waals surface area contributed by atoms with E-state index in [9.17, 15) is 8.78 Å². The van der Waals surface area contributed by atoms with Gasteiger partial charge in [0.2, 0.25) is 0 Å². The number of hydrogen-bond acceptors (Lipinski definition) is 2. The molecule has 0 aliphatic heterocycles. The average Bonchev–Trinajstić information content (AvgIpc) is 2.03. The van der Waals surface area contributed by atoms with Crippen molar-refractivity contribution in [2.24, 2.45) is 0 Å². The second-order valence-electron chi connectivity index (χ2n) is 3.25. The van der Waals surface area contributed by atoms with E-state index in [0.717, 1.165) is 0 Å². The summed E-state index contributed by atoms with van der Waals surface area (Å²) in [6.07, 6.45) is -2.51. The molecule has 0 amide bonds. The molecule has 0 saturated heterocycles. The zero-order chi connectivity index (χ0) is 10.0. The normalized spacial score (nSPS) is 11.3. The first kappa shape index (κ1) is 10.0. The van der Waals surface area contributed by atoms with Crippen molar-refractivity contribution in [2.75, 3.05) is 0 Å². The van der Waals surface area contributed by atoms with Gasteiger partial charge in [-0.25, -0.2) is 18.7 Å². The largest absolute Gasteiger partial charge is 0.280 e. The van der Waals surface area contributed by atoms with Crippen molar-refractivity contribution < 1.29 is 8.78 Å². The molecule has 0 aliphatic carbocycles. The van der Waals surface area contributed by atoms with Gasteiger partial charge in [0.1, 0.15) is 11.5 Å². The van der Waals surface area contributed by atoms with Gasteiger partial charge in [-0.3, -0.25) is 0 Å². The quantitative estimate of drug-likeness (QED) is 0.709. The van der Waals surface area contributed by atoms with Gasteiger partial charge in [-0.1, -0.05) is 13.8 Å². The third-order valence-electron chi connectivity index (χ3n) is 1.63. The summed E-state index contributed by atoms with van der Waals surface area (Å²) < 4.78 is 24.6. The van der Waals surface area contributed by atoms with E-state index in [2.05, 4.69) is 9.97 Å². The highest BCUT2D eigenvalue weighted by molar-refractivity contribution is 5.12. The van der Waals surface area contributed by atoms with Crippen LogP contribution in [0, 0.1) is 6.92 Å². The molecule has 72 valence electrons. The summed E-state index contributed by atoms with van der Waals surface area (Å²) in [5.74, 6) is 0.563. The molecule has 0 aromatic carbocycles. The molecule has 0 atom stereocenters. The van der Waals surface area contributed by atoms with Crippen LogP contribution in [-0.2, 0) is 0 Å². The number of alkyl halides is 2. The Labute approximate surface area is 76.0 Å². The molecular weight excluding hydrogens is 174 g/mol. The summed E-state index contributed by atoms with van der Waals surface area (Å²) in [4.78, 5) is 7.84. The Morgan fingerprint density at radius 1 is 1.23 bits per heavy atom. The summed E-state index contributed by atoms with van der Waals surface area (Å²) in [5, 5.41) is 0.